The largest absolute Gasteiger partial charge is 0.484 e. The highest BCUT2D eigenvalue weighted by Gasteiger charge is 2.25. The van der Waals surface area contributed by atoms with Crippen molar-refractivity contribution in [1.82, 2.24) is 19.9 Å². The van der Waals surface area contributed by atoms with Crippen LogP contribution in [0.5, 0.6) is 5.75 Å². The Morgan fingerprint density at radius 3 is 2.26 bits per heavy atom. The van der Waals surface area contributed by atoms with Gasteiger partial charge in [-0.05, 0) is 19.1 Å². The lowest BCUT2D eigenvalue weighted by molar-refractivity contribution is -0.133. The Morgan fingerprint density at radius 1 is 0.968 bits per heavy atom. The third kappa shape index (κ3) is 5.52. The molecule has 2 saturated heterocycles. The average Bonchev–Trinajstić information content (AvgIpc) is 2.84. The lowest BCUT2D eigenvalue weighted by atomic mass is 10.3. The standard InChI is InChI=1S/C21H29N7O3/c1-2-22-19-23-20(25-21(24-19)28-12-14-30-15-13-28)27-10-8-26(9-11-27)18(29)16-31-17-6-4-3-5-7-17/h3-7H,2,8-16H2,1H3,(H,22,23,24,25). The van der Waals surface area contributed by atoms with E-state index in [-0.39, 0.29) is 12.5 Å². The lowest BCUT2D eigenvalue weighted by Gasteiger charge is -2.35. The molecule has 4 rings (SSSR count). The summed E-state index contributed by atoms with van der Waals surface area (Å²) in [7, 11) is 0. The highest BCUT2D eigenvalue weighted by molar-refractivity contribution is 5.78. The summed E-state index contributed by atoms with van der Waals surface area (Å²) in [5.41, 5.74) is 0. The number of morpholine rings is 1. The van der Waals surface area contributed by atoms with Gasteiger partial charge in [-0.1, -0.05) is 18.2 Å². The van der Waals surface area contributed by atoms with Gasteiger partial charge < -0.3 is 29.5 Å². The van der Waals surface area contributed by atoms with E-state index in [1.165, 1.54) is 0 Å². The third-order valence-corrected chi connectivity index (χ3v) is 5.26. The Hall–Kier alpha value is -3.14. The molecule has 10 heteroatoms. The van der Waals surface area contributed by atoms with E-state index < -0.39 is 0 Å². The molecule has 0 radical (unpaired) electrons. The summed E-state index contributed by atoms with van der Waals surface area (Å²) in [6.45, 7) is 8.18. The number of benzene rings is 1. The molecule has 0 spiro atoms. The van der Waals surface area contributed by atoms with Crippen LogP contribution in [-0.4, -0.2) is 91.4 Å². The minimum absolute atomic E-state index is 0.0125. The lowest BCUT2D eigenvalue weighted by Crippen LogP contribution is -2.50. The maximum absolute atomic E-state index is 12.5. The van der Waals surface area contributed by atoms with Gasteiger partial charge in [-0.15, -0.1) is 0 Å². The van der Waals surface area contributed by atoms with Gasteiger partial charge in [0.1, 0.15) is 5.75 Å². The van der Waals surface area contributed by atoms with Gasteiger partial charge in [-0.3, -0.25) is 4.79 Å². The third-order valence-electron chi connectivity index (χ3n) is 5.26. The molecule has 1 amide bonds. The van der Waals surface area contributed by atoms with E-state index in [2.05, 4.69) is 25.1 Å². The first kappa shape index (κ1) is 21.1. The van der Waals surface area contributed by atoms with Crippen molar-refractivity contribution < 1.29 is 14.3 Å². The first-order chi connectivity index (χ1) is 15.2. The Balaban J connectivity index is 1.37. The second-order valence-electron chi connectivity index (χ2n) is 7.36. The first-order valence-corrected chi connectivity index (χ1v) is 10.8. The zero-order chi connectivity index (χ0) is 21.5. The molecule has 166 valence electrons. The predicted molar refractivity (Wildman–Crippen MR) is 118 cm³/mol. The molecule has 1 aromatic heterocycles. The van der Waals surface area contributed by atoms with Crippen molar-refractivity contribution in [3.05, 3.63) is 30.3 Å². The number of amides is 1. The molecule has 31 heavy (non-hydrogen) atoms. The highest BCUT2D eigenvalue weighted by atomic mass is 16.5. The molecule has 0 saturated carbocycles. The molecular formula is C21H29N7O3. The molecule has 0 bridgehead atoms. The molecule has 2 aromatic rings. The molecule has 2 aliphatic rings. The number of rotatable bonds is 7. The molecule has 0 unspecified atom stereocenters. The summed E-state index contributed by atoms with van der Waals surface area (Å²) in [4.78, 5) is 32.5. The molecule has 0 aliphatic carbocycles. The minimum Gasteiger partial charge on any atom is -0.484 e. The van der Waals surface area contributed by atoms with Gasteiger partial charge in [0.25, 0.3) is 5.91 Å². The SMILES string of the molecule is CCNc1nc(N2CCOCC2)nc(N2CCN(C(=O)COc3ccccc3)CC2)n1. The Bertz CT molecular complexity index is 853. The van der Waals surface area contributed by atoms with E-state index >= 15 is 0 Å². The van der Waals surface area contributed by atoms with E-state index in [1.807, 2.05) is 42.2 Å². The van der Waals surface area contributed by atoms with Crippen LogP contribution in [0.25, 0.3) is 0 Å². The molecule has 2 aliphatic heterocycles. The number of nitrogens with one attached hydrogen (secondary N) is 1. The van der Waals surface area contributed by atoms with Crippen molar-refractivity contribution in [3.63, 3.8) is 0 Å². The van der Waals surface area contributed by atoms with Crippen molar-refractivity contribution >= 4 is 23.8 Å². The molecule has 0 atom stereocenters. The maximum atomic E-state index is 12.5. The molecular weight excluding hydrogens is 398 g/mol. The molecule has 3 heterocycles. The summed E-state index contributed by atoms with van der Waals surface area (Å²) >= 11 is 0. The topological polar surface area (TPSA) is 96.0 Å². The number of aromatic nitrogens is 3. The second-order valence-corrected chi connectivity index (χ2v) is 7.36. The van der Waals surface area contributed by atoms with E-state index in [0.29, 0.717) is 63.0 Å². The first-order valence-electron chi connectivity index (χ1n) is 10.8. The Kier molecular flexibility index (Phi) is 6.98. The van der Waals surface area contributed by atoms with Gasteiger partial charge in [0, 0.05) is 45.8 Å². The zero-order valence-electron chi connectivity index (χ0n) is 17.9. The summed E-state index contributed by atoms with van der Waals surface area (Å²) in [6, 6.07) is 9.39. The molecule has 10 nitrogen and oxygen atoms in total. The van der Waals surface area contributed by atoms with Gasteiger partial charge in [0.05, 0.1) is 13.2 Å². The van der Waals surface area contributed by atoms with Crippen molar-refractivity contribution in [3.8, 4) is 5.75 Å². The van der Waals surface area contributed by atoms with Crippen LogP contribution in [0.4, 0.5) is 17.8 Å². The van der Waals surface area contributed by atoms with Gasteiger partial charge in [-0.25, -0.2) is 0 Å². The number of anilines is 3. The fraction of sp³-hybridized carbons (Fsp3) is 0.524. The maximum Gasteiger partial charge on any atom is 0.260 e. The second kappa shape index (κ2) is 10.3. The van der Waals surface area contributed by atoms with Crippen LogP contribution in [0.3, 0.4) is 0 Å². The number of piperazine rings is 1. The quantitative estimate of drug-likeness (QED) is 0.690. The van der Waals surface area contributed by atoms with E-state index in [4.69, 9.17) is 14.5 Å². The fourth-order valence-electron chi connectivity index (χ4n) is 3.55. The van der Waals surface area contributed by atoms with Crippen LogP contribution >= 0.6 is 0 Å². The van der Waals surface area contributed by atoms with Crippen LogP contribution < -0.4 is 19.9 Å². The Morgan fingerprint density at radius 2 is 1.61 bits per heavy atom. The van der Waals surface area contributed by atoms with Gasteiger partial charge >= 0.3 is 0 Å². The zero-order valence-corrected chi connectivity index (χ0v) is 17.9. The van der Waals surface area contributed by atoms with Crippen LogP contribution in [-0.2, 0) is 9.53 Å². The summed E-state index contributed by atoms with van der Waals surface area (Å²) in [6.07, 6.45) is 0. The van der Waals surface area contributed by atoms with Gasteiger partial charge in [-0.2, -0.15) is 15.0 Å². The summed E-state index contributed by atoms with van der Waals surface area (Å²) in [5.74, 6) is 2.57. The molecule has 2 fully saturated rings. The van der Waals surface area contributed by atoms with E-state index in [1.54, 1.807) is 0 Å². The van der Waals surface area contributed by atoms with Crippen LogP contribution in [0.1, 0.15) is 6.92 Å². The van der Waals surface area contributed by atoms with Crippen LogP contribution in [0.2, 0.25) is 0 Å². The summed E-state index contributed by atoms with van der Waals surface area (Å²) in [5, 5.41) is 3.20. The number of ether oxygens (including phenoxy) is 2. The van der Waals surface area contributed by atoms with Crippen molar-refractivity contribution in [2.24, 2.45) is 0 Å². The number of nitrogens with zero attached hydrogens (tertiary/aromatic N) is 6. The van der Waals surface area contributed by atoms with Crippen LogP contribution in [0.15, 0.2) is 30.3 Å². The van der Waals surface area contributed by atoms with Gasteiger partial charge in [0.2, 0.25) is 17.8 Å². The number of para-hydroxylation sites is 1. The number of hydrogen-bond acceptors (Lipinski definition) is 9. The number of carbonyl (C=O) groups is 1. The molecule has 1 aromatic carbocycles. The minimum atomic E-state index is -0.0125. The normalized spacial score (nSPS) is 16.9. The average molecular weight is 428 g/mol. The van der Waals surface area contributed by atoms with E-state index in [9.17, 15) is 4.79 Å². The Labute approximate surface area is 182 Å². The summed E-state index contributed by atoms with van der Waals surface area (Å²) < 4.78 is 11.0. The fourth-order valence-corrected chi connectivity index (χ4v) is 3.55. The predicted octanol–water partition coefficient (Wildman–Crippen LogP) is 0.868. The monoisotopic (exact) mass is 427 g/mol. The smallest absolute Gasteiger partial charge is 0.260 e. The van der Waals surface area contributed by atoms with Crippen molar-refractivity contribution in [2.45, 2.75) is 6.92 Å². The van der Waals surface area contributed by atoms with Gasteiger partial charge in [0.15, 0.2) is 6.61 Å². The molecule has 1 N–H and O–H groups in total. The number of hydrogen-bond donors (Lipinski definition) is 1. The van der Waals surface area contributed by atoms with E-state index in [0.717, 1.165) is 19.6 Å². The highest BCUT2D eigenvalue weighted by Crippen LogP contribution is 2.19. The van der Waals surface area contributed by atoms with Crippen molar-refractivity contribution in [2.75, 3.05) is 80.8 Å². The van der Waals surface area contributed by atoms with Crippen LogP contribution in [0, 0.1) is 0 Å². The number of carbonyl (C=O) groups excluding carboxylic acids is 1. The van der Waals surface area contributed by atoms with Crippen molar-refractivity contribution in [1.29, 1.82) is 0 Å².